The van der Waals surface area contributed by atoms with Gasteiger partial charge in [0.1, 0.15) is 11.2 Å². The third-order valence-electron chi connectivity index (χ3n) is 6.15. The van der Waals surface area contributed by atoms with Crippen molar-refractivity contribution >= 4 is 53.2 Å². The number of nitrogens with zero attached hydrogens (tertiary/aromatic N) is 2. The Labute approximate surface area is 191 Å². The maximum Gasteiger partial charge on any atom is 0.128 e. The van der Waals surface area contributed by atoms with Crippen molar-refractivity contribution in [2.24, 2.45) is 5.41 Å². The molecule has 0 spiro atoms. The van der Waals surface area contributed by atoms with Gasteiger partial charge in [-0.2, -0.15) is 0 Å². The molecular weight excluding hydrogens is 408 g/mol. The smallest absolute Gasteiger partial charge is 0.128 e. The van der Waals surface area contributed by atoms with Crippen molar-refractivity contribution in [3.63, 3.8) is 0 Å². The first kappa shape index (κ1) is 19.4. The number of hydrogen-bond donors (Lipinski definition) is 0. The molecule has 0 aliphatic rings. The lowest BCUT2D eigenvalue weighted by Crippen LogP contribution is -2.09. The Morgan fingerprint density at radius 2 is 1.50 bits per heavy atom. The van der Waals surface area contributed by atoms with Crippen molar-refractivity contribution in [3.8, 4) is 11.3 Å². The van der Waals surface area contributed by atoms with Gasteiger partial charge < -0.3 is 0 Å². The number of rotatable bonds is 2. The van der Waals surface area contributed by atoms with Crippen LogP contribution in [0.15, 0.2) is 79.1 Å². The molecule has 6 aromatic rings. The zero-order valence-electron chi connectivity index (χ0n) is 18.5. The van der Waals surface area contributed by atoms with E-state index in [4.69, 9.17) is 4.98 Å². The number of fused-ring (bicyclic) bond motifs is 6. The van der Waals surface area contributed by atoms with Gasteiger partial charge in [0.15, 0.2) is 0 Å². The van der Waals surface area contributed by atoms with E-state index in [9.17, 15) is 0 Å². The lowest BCUT2D eigenvalue weighted by Gasteiger charge is -2.20. The Balaban J connectivity index is 1.67. The molecule has 0 radical (unpaired) electrons. The van der Waals surface area contributed by atoms with E-state index in [0.29, 0.717) is 0 Å². The molecule has 2 heterocycles. The fraction of sp³-hybridized carbons (Fsp3) is 0.172. The highest BCUT2D eigenvalue weighted by molar-refractivity contribution is 7.26. The molecule has 6 rings (SSSR count). The van der Waals surface area contributed by atoms with Crippen LogP contribution in [0.4, 0.5) is 0 Å². The van der Waals surface area contributed by atoms with Crippen LogP contribution in [0, 0.1) is 5.41 Å². The minimum absolute atomic E-state index is 0.233. The van der Waals surface area contributed by atoms with Crippen molar-refractivity contribution < 1.29 is 0 Å². The molecule has 0 saturated carbocycles. The van der Waals surface area contributed by atoms with E-state index in [1.165, 1.54) is 42.8 Å². The third-order valence-corrected chi connectivity index (χ3v) is 7.30. The van der Waals surface area contributed by atoms with Gasteiger partial charge in [-0.1, -0.05) is 93.6 Å². The molecule has 4 aromatic carbocycles. The molecule has 0 aliphatic heterocycles. The van der Waals surface area contributed by atoms with Crippen LogP contribution in [0.1, 0.15) is 26.3 Å². The summed E-state index contributed by atoms with van der Waals surface area (Å²) >= 11 is 1.77. The van der Waals surface area contributed by atoms with E-state index in [1.54, 1.807) is 17.7 Å². The molecule has 0 amide bonds. The minimum atomic E-state index is 0.233. The molecule has 0 aliphatic carbocycles. The zero-order valence-corrected chi connectivity index (χ0v) is 19.3. The first-order valence-electron chi connectivity index (χ1n) is 11.1. The highest BCUT2D eigenvalue weighted by Gasteiger charge is 2.18. The van der Waals surface area contributed by atoms with E-state index in [0.717, 1.165) is 22.3 Å². The summed E-state index contributed by atoms with van der Waals surface area (Å²) in [6.07, 6.45) is 2.76. The third kappa shape index (κ3) is 3.08. The van der Waals surface area contributed by atoms with Crippen LogP contribution in [-0.4, -0.2) is 9.97 Å². The molecule has 0 N–H and O–H groups in total. The predicted octanol–water partition coefficient (Wildman–Crippen LogP) is 8.41. The van der Waals surface area contributed by atoms with Crippen LogP contribution >= 0.6 is 11.3 Å². The topological polar surface area (TPSA) is 25.8 Å². The number of thiophene rings is 1. The summed E-state index contributed by atoms with van der Waals surface area (Å²) in [5, 5.41) is 7.52. The number of aromatic nitrogens is 2. The van der Waals surface area contributed by atoms with Gasteiger partial charge >= 0.3 is 0 Å². The SMILES string of the molecule is CC(C)(C)Cc1cccc2c(-c3ncnc4sc5c6ccccc6ccc5c34)cccc12. The molecule has 0 atom stereocenters. The van der Waals surface area contributed by atoms with Crippen LogP contribution in [0.3, 0.4) is 0 Å². The summed E-state index contributed by atoms with van der Waals surface area (Å²) in [4.78, 5) is 10.5. The van der Waals surface area contributed by atoms with Gasteiger partial charge in [0.2, 0.25) is 0 Å². The summed E-state index contributed by atoms with van der Waals surface area (Å²) in [5.74, 6) is 0. The maximum absolute atomic E-state index is 4.83. The molecule has 0 unspecified atom stereocenters. The Bertz CT molecular complexity index is 1640. The molecule has 0 saturated heterocycles. The van der Waals surface area contributed by atoms with E-state index < -0.39 is 0 Å². The van der Waals surface area contributed by atoms with Gasteiger partial charge in [-0.3, -0.25) is 0 Å². The quantitative estimate of drug-likeness (QED) is 0.274. The average molecular weight is 433 g/mol. The zero-order chi connectivity index (χ0) is 21.9. The molecule has 32 heavy (non-hydrogen) atoms. The Morgan fingerprint density at radius 1 is 0.719 bits per heavy atom. The van der Waals surface area contributed by atoms with Crippen LogP contribution in [0.25, 0.3) is 53.1 Å². The summed E-state index contributed by atoms with van der Waals surface area (Å²) < 4.78 is 1.29. The second-order valence-electron chi connectivity index (χ2n) is 9.72. The van der Waals surface area contributed by atoms with Crippen LogP contribution < -0.4 is 0 Å². The summed E-state index contributed by atoms with van der Waals surface area (Å²) in [5.41, 5.74) is 3.83. The van der Waals surface area contributed by atoms with E-state index in [-0.39, 0.29) is 5.41 Å². The lowest BCUT2D eigenvalue weighted by molar-refractivity contribution is 0.412. The van der Waals surface area contributed by atoms with Crippen LogP contribution in [0.5, 0.6) is 0 Å². The van der Waals surface area contributed by atoms with Crippen LogP contribution in [-0.2, 0) is 6.42 Å². The van der Waals surface area contributed by atoms with Crippen molar-refractivity contribution in [2.45, 2.75) is 27.2 Å². The highest BCUT2D eigenvalue weighted by Crippen LogP contribution is 2.42. The average Bonchev–Trinajstić information content (AvgIpc) is 3.17. The first-order chi connectivity index (χ1) is 15.5. The van der Waals surface area contributed by atoms with Crippen LogP contribution in [0.2, 0.25) is 0 Å². The Hall–Kier alpha value is -3.30. The fourth-order valence-corrected chi connectivity index (χ4v) is 6.03. The standard InChI is InChI=1S/C29H24N2S/c1-29(2,3)16-19-9-6-12-22-20(19)11-7-13-23(22)26-25-24-15-14-18-8-4-5-10-21(18)27(24)32-28(25)31-17-30-26/h4-15,17H,16H2,1-3H3. The summed E-state index contributed by atoms with van der Waals surface area (Å²) in [6.45, 7) is 6.89. The van der Waals surface area contributed by atoms with Crippen molar-refractivity contribution in [3.05, 3.63) is 84.7 Å². The molecule has 2 aromatic heterocycles. The molecule has 0 fully saturated rings. The van der Waals surface area contributed by atoms with Gasteiger partial charge in [0.05, 0.1) is 5.69 Å². The van der Waals surface area contributed by atoms with Gasteiger partial charge in [-0.05, 0) is 38.9 Å². The molecular formula is C29H24N2S. The lowest BCUT2D eigenvalue weighted by atomic mass is 9.85. The second-order valence-corrected chi connectivity index (χ2v) is 10.7. The van der Waals surface area contributed by atoms with Crippen molar-refractivity contribution in [2.75, 3.05) is 0 Å². The number of benzene rings is 4. The normalized spacial score (nSPS) is 12.3. The summed E-state index contributed by atoms with van der Waals surface area (Å²) in [6, 6.07) is 26.3. The van der Waals surface area contributed by atoms with Crippen molar-refractivity contribution in [1.29, 1.82) is 0 Å². The number of hydrogen-bond acceptors (Lipinski definition) is 3. The fourth-order valence-electron chi connectivity index (χ4n) is 4.85. The maximum atomic E-state index is 4.83. The van der Waals surface area contributed by atoms with E-state index >= 15 is 0 Å². The molecule has 156 valence electrons. The largest absolute Gasteiger partial charge is 0.236 e. The van der Waals surface area contributed by atoms with E-state index in [1.807, 2.05) is 0 Å². The van der Waals surface area contributed by atoms with Gasteiger partial charge in [0, 0.05) is 21.0 Å². The van der Waals surface area contributed by atoms with E-state index in [2.05, 4.69) is 98.6 Å². The monoisotopic (exact) mass is 432 g/mol. The first-order valence-corrected chi connectivity index (χ1v) is 11.9. The Kier molecular flexibility index (Phi) is 4.31. The minimum Gasteiger partial charge on any atom is -0.236 e. The van der Waals surface area contributed by atoms with Gasteiger partial charge in [-0.25, -0.2) is 9.97 Å². The molecule has 0 bridgehead atoms. The van der Waals surface area contributed by atoms with Crippen molar-refractivity contribution in [1.82, 2.24) is 9.97 Å². The summed E-state index contributed by atoms with van der Waals surface area (Å²) in [7, 11) is 0. The van der Waals surface area contributed by atoms with Gasteiger partial charge in [0.25, 0.3) is 0 Å². The Morgan fingerprint density at radius 3 is 2.38 bits per heavy atom. The predicted molar refractivity (Wildman–Crippen MR) is 139 cm³/mol. The molecule has 3 heteroatoms. The van der Waals surface area contributed by atoms with Gasteiger partial charge in [-0.15, -0.1) is 11.3 Å². The second kappa shape index (κ2) is 7.11. The highest BCUT2D eigenvalue weighted by atomic mass is 32.1. The molecule has 2 nitrogen and oxygen atoms in total.